The molecule has 2 radical (unpaired) electrons. The fraction of sp³-hybridized carbons (Fsp3) is 0.0909. The van der Waals surface area contributed by atoms with Crippen molar-refractivity contribution in [3.05, 3.63) is 76.9 Å². The Labute approximate surface area is 204 Å². The Hall–Kier alpha value is -3.14. The Morgan fingerprint density at radius 2 is 1.65 bits per heavy atom. The summed E-state index contributed by atoms with van der Waals surface area (Å²) in [5, 5.41) is 9.81. The van der Waals surface area contributed by atoms with Gasteiger partial charge in [-0.3, -0.25) is 4.98 Å². The zero-order valence-corrected chi connectivity index (χ0v) is 17.9. The van der Waals surface area contributed by atoms with E-state index in [1.165, 1.54) is 24.3 Å². The van der Waals surface area contributed by atoms with Crippen LogP contribution in [0.25, 0.3) is 26.7 Å². The summed E-state index contributed by atoms with van der Waals surface area (Å²) in [5.74, 6) is 0.269. The topological polar surface area (TPSA) is 81.6 Å². The van der Waals surface area contributed by atoms with Gasteiger partial charge in [0.1, 0.15) is 17.0 Å². The number of aromatic nitrogens is 2. The summed E-state index contributed by atoms with van der Waals surface area (Å²) in [5.41, 5.74) is -0.553. The Bertz CT molecular complexity index is 1560. The third-order valence-electron chi connectivity index (χ3n) is 4.11. The van der Waals surface area contributed by atoms with E-state index in [2.05, 4.69) is 14.8 Å². The number of benzene rings is 2. The van der Waals surface area contributed by atoms with Crippen molar-refractivity contribution in [3.63, 3.8) is 0 Å². The number of aryl methyl sites for hydroxylation is 2. The van der Waals surface area contributed by atoms with Crippen LogP contribution in [-0.2, 0) is 2.84 Å². The normalized spacial score (nSPS) is 14.9. The molecule has 0 amide bonds. The van der Waals surface area contributed by atoms with Crippen LogP contribution in [0.2, 0.25) is 0 Å². The van der Waals surface area contributed by atoms with Crippen LogP contribution in [0.4, 0.5) is 5.69 Å². The van der Waals surface area contributed by atoms with Crippen molar-refractivity contribution in [2.45, 2.75) is 13.7 Å². The van der Waals surface area contributed by atoms with E-state index < -0.39 is 45.5 Å². The molecule has 0 N–H and O–H groups in total. The van der Waals surface area contributed by atoms with Crippen LogP contribution < -0.4 is 7.58 Å². The molecule has 0 saturated carbocycles. The Morgan fingerprint density at radius 3 is 2.26 bits per heavy atom. The first-order chi connectivity index (χ1) is 18.3. The lowest BCUT2D eigenvalue weighted by atomic mass is 10.1. The molecule has 0 spiro atoms. The molecule has 0 aliphatic rings. The number of nitrogens with zero attached hydrogens (tertiary/aromatic N) is 4. The summed E-state index contributed by atoms with van der Waals surface area (Å²) in [6.45, 7) is 2.26. The van der Waals surface area contributed by atoms with Crippen molar-refractivity contribution in [2.75, 3.05) is 0 Å². The second kappa shape index (κ2) is 9.34. The molecular formula is C22H14Al2N4O3. The molecule has 9 heteroatoms. The van der Waals surface area contributed by atoms with E-state index in [1.54, 1.807) is 0 Å². The second-order valence-electron chi connectivity index (χ2n) is 6.00. The fourth-order valence-corrected chi connectivity index (χ4v) is 4.04. The number of nitriles is 1. The molecule has 0 aliphatic carbocycles. The molecule has 0 aliphatic heterocycles. The van der Waals surface area contributed by atoms with Gasteiger partial charge in [0.05, 0.1) is 26.5 Å². The molecule has 4 rings (SSSR count). The molecule has 146 valence electrons. The van der Waals surface area contributed by atoms with E-state index in [9.17, 15) is 5.26 Å². The van der Waals surface area contributed by atoms with Gasteiger partial charge in [0.2, 0.25) is 0 Å². The summed E-state index contributed by atoms with van der Waals surface area (Å²) in [6.07, 6.45) is 0. The van der Waals surface area contributed by atoms with Crippen molar-refractivity contribution in [1.82, 2.24) is 9.97 Å². The first kappa shape index (κ1) is 13.3. The second-order valence-corrected chi connectivity index (χ2v) is 7.95. The van der Waals surface area contributed by atoms with Crippen LogP contribution in [0.1, 0.15) is 27.9 Å². The molecule has 4 aromatic rings. The Kier molecular flexibility index (Phi) is 4.01. The molecule has 0 bridgehead atoms. The highest BCUT2D eigenvalue weighted by atomic mass is 27.3. The third-order valence-corrected chi connectivity index (χ3v) is 5.70. The quantitative estimate of drug-likeness (QED) is 0.250. The average Bonchev–Trinajstić information content (AvgIpc) is 2.88. The summed E-state index contributed by atoms with van der Waals surface area (Å²) >= 11 is -2.42. The van der Waals surface area contributed by atoms with Crippen molar-refractivity contribution in [3.8, 4) is 17.6 Å². The van der Waals surface area contributed by atoms with E-state index in [4.69, 9.17) is 28.0 Å². The standard InChI is InChI=1S/2C11H8N2O.2Al.O/c1-7-6-9(12-2)8-4-3-5-10(14)11(8)13-7;1-7-5-8(6-12)9-3-2-4-10(14)11(9)13-7;;;/h3-6,14H,1H3;2-5,14H,1H3;;;/q;;2*+1;/p-2/i1D3,4D;1D3,3D;;;. The lowest BCUT2D eigenvalue weighted by molar-refractivity contribution is 0.420. The summed E-state index contributed by atoms with van der Waals surface area (Å²) < 4.78 is 79.0. The van der Waals surface area contributed by atoms with Gasteiger partial charge < -0.3 is 10.4 Å². The van der Waals surface area contributed by atoms with Crippen LogP contribution >= 0.6 is 0 Å². The van der Waals surface area contributed by atoms with Crippen molar-refractivity contribution >= 4 is 59.3 Å². The molecule has 31 heavy (non-hydrogen) atoms. The largest absolute Gasteiger partial charge is 0.743 e. The van der Waals surface area contributed by atoms with Gasteiger partial charge in [-0.1, -0.05) is 24.2 Å². The number of rotatable bonds is 6. The Morgan fingerprint density at radius 1 is 1.03 bits per heavy atom. The van der Waals surface area contributed by atoms with Gasteiger partial charge >= 0.3 is 31.8 Å². The number of pyridine rings is 2. The van der Waals surface area contributed by atoms with Gasteiger partial charge in [-0.15, -0.1) is 0 Å². The third kappa shape index (κ3) is 4.48. The molecule has 7 nitrogen and oxygen atoms in total. The van der Waals surface area contributed by atoms with Crippen LogP contribution in [0.3, 0.4) is 0 Å². The molecule has 2 aromatic heterocycles. The first-order valence-corrected chi connectivity index (χ1v) is 10.5. The highest BCUT2D eigenvalue weighted by Gasteiger charge is 2.14. The van der Waals surface area contributed by atoms with E-state index >= 15 is 0 Å². The predicted molar refractivity (Wildman–Crippen MR) is 118 cm³/mol. The molecule has 2 aromatic carbocycles. The maximum absolute atomic E-state index is 9.50. The molecule has 0 fully saturated rings. The number of fused-ring (bicyclic) bond motifs is 2. The van der Waals surface area contributed by atoms with E-state index in [1.807, 2.05) is 6.07 Å². The minimum Gasteiger partial charge on any atom is -0.626 e. The SMILES string of the molecule is [2H]c1ccc([O][Al][O][Al][O]c2ccc([2H])c3c([N+]#[C-])cc(C([2H])([2H])[2H])nc23)c2nc(C([2H])([2H])[2H])cc(C#N)c12. The Balaban J connectivity index is 1.55. The lowest BCUT2D eigenvalue weighted by Gasteiger charge is -2.12. The summed E-state index contributed by atoms with van der Waals surface area (Å²) in [4.78, 5) is 11.6. The van der Waals surface area contributed by atoms with Gasteiger partial charge in [0.25, 0.3) is 0 Å². The maximum Gasteiger partial charge on any atom is 0.743 e. The van der Waals surface area contributed by atoms with E-state index in [0.717, 1.165) is 12.1 Å². The highest BCUT2D eigenvalue weighted by molar-refractivity contribution is 6.35. The zero-order valence-electron chi connectivity index (χ0n) is 23.6. The minimum absolute atomic E-state index is 0.0109. The molecular weight excluding hydrogens is 422 g/mol. The van der Waals surface area contributed by atoms with Crippen molar-refractivity contribution < 1.29 is 21.4 Å². The summed E-state index contributed by atoms with van der Waals surface area (Å²) in [7, 11) is 0. The van der Waals surface area contributed by atoms with E-state index in [-0.39, 0.29) is 68.0 Å². The highest BCUT2D eigenvalue weighted by Crippen LogP contribution is 2.31. The van der Waals surface area contributed by atoms with Gasteiger partial charge in [-0.05, 0) is 38.0 Å². The maximum atomic E-state index is 9.50. The molecule has 0 saturated heterocycles. The minimum atomic E-state index is -2.58. The van der Waals surface area contributed by atoms with Crippen LogP contribution in [0.15, 0.2) is 48.5 Å². The van der Waals surface area contributed by atoms with Crippen LogP contribution in [0.5, 0.6) is 11.5 Å². The summed E-state index contributed by atoms with van der Waals surface area (Å²) in [6, 6.07) is 9.82. The first-order valence-electron chi connectivity index (χ1n) is 12.6. The van der Waals surface area contributed by atoms with Crippen molar-refractivity contribution in [1.29, 1.82) is 5.26 Å². The zero-order chi connectivity index (χ0) is 28.5. The number of para-hydroxylation sites is 2. The van der Waals surface area contributed by atoms with Gasteiger partial charge in [-0.2, -0.15) is 5.26 Å². The number of hydrogen-bond donors (Lipinski definition) is 0. The smallest absolute Gasteiger partial charge is 0.626 e. The average molecular weight is 444 g/mol. The molecule has 2 heterocycles. The lowest BCUT2D eigenvalue weighted by Crippen LogP contribution is -2.16. The van der Waals surface area contributed by atoms with Crippen molar-refractivity contribution in [2.24, 2.45) is 0 Å². The predicted octanol–water partition coefficient (Wildman–Crippen LogP) is 4.37. The fourth-order valence-electron chi connectivity index (χ4n) is 2.83. The molecule has 0 atom stereocenters. The number of hydrogen-bond acceptors (Lipinski definition) is 6. The van der Waals surface area contributed by atoms with Crippen LogP contribution in [0, 0.1) is 31.6 Å². The van der Waals surface area contributed by atoms with Gasteiger partial charge in [0, 0.05) is 30.4 Å². The molecule has 0 unspecified atom stereocenters. The van der Waals surface area contributed by atoms with Gasteiger partial charge in [-0.25, -0.2) is 9.83 Å². The van der Waals surface area contributed by atoms with Crippen LogP contribution in [-0.4, -0.2) is 41.7 Å². The monoisotopic (exact) mass is 444 g/mol. The van der Waals surface area contributed by atoms with Gasteiger partial charge in [0.15, 0.2) is 5.69 Å². The van der Waals surface area contributed by atoms with E-state index in [0.29, 0.717) is 0 Å².